The van der Waals surface area contributed by atoms with Gasteiger partial charge in [-0.05, 0) is 86.9 Å². The van der Waals surface area contributed by atoms with Crippen molar-refractivity contribution in [1.29, 1.82) is 0 Å². The molecule has 3 nitrogen and oxygen atoms in total. The summed E-state index contributed by atoms with van der Waals surface area (Å²) in [6.45, 7) is 0. The summed E-state index contributed by atoms with van der Waals surface area (Å²) in [6.07, 6.45) is 0. The van der Waals surface area contributed by atoms with E-state index in [9.17, 15) is 0 Å². The Bertz CT molecular complexity index is 3150. The number of benzene rings is 9. The van der Waals surface area contributed by atoms with Gasteiger partial charge < -0.3 is 13.9 Å². The van der Waals surface area contributed by atoms with E-state index in [0.29, 0.717) is 0 Å². The molecule has 11 rings (SSSR count). The number of fused-ring (bicyclic) bond motifs is 11. The quantitative estimate of drug-likeness (QED) is 0.177. The van der Waals surface area contributed by atoms with Crippen LogP contribution in [0.25, 0.3) is 81.7 Å². The zero-order chi connectivity index (χ0) is 33.5. The second kappa shape index (κ2) is 10.8. The molecule has 0 spiro atoms. The number of anilines is 3. The van der Waals surface area contributed by atoms with E-state index in [1.807, 2.05) is 6.07 Å². The number of rotatable bonds is 4. The summed E-state index contributed by atoms with van der Waals surface area (Å²) in [5.41, 5.74) is 8.45. The fourth-order valence-corrected chi connectivity index (χ4v) is 8.34. The lowest BCUT2D eigenvalue weighted by Crippen LogP contribution is -2.12. The molecule has 0 atom stereocenters. The molecule has 9 aromatic carbocycles. The Labute approximate surface area is 293 Å². The van der Waals surface area contributed by atoms with Crippen molar-refractivity contribution in [2.45, 2.75) is 0 Å². The van der Waals surface area contributed by atoms with Crippen molar-refractivity contribution in [3.8, 4) is 5.69 Å². The van der Waals surface area contributed by atoms with Gasteiger partial charge in [0.05, 0.1) is 27.8 Å². The van der Waals surface area contributed by atoms with Crippen LogP contribution in [0.15, 0.2) is 186 Å². The van der Waals surface area contributed by atoms with Crippen molar-refractivity contribution in [2.75, 3.05) is 4.90 Å². The number of hydrogen-bond donors (Lipinski definition) is 0. The molecule has 0 aliphatic heterocycles. The lowest BCUT2D eigenvalue weighted by Gasteiger charge is -2.28. The van der Waals surface area contributed by atoms with Crippen LogP contribution in [-0.4, -0.2) is 4.57 Å². The van der Waals surface area contributed by atoms with Gasteiger partial charge in [-0.25, -0.2) is 0 Å². The number of hydrogen-bond acceptors (Lipinski definition) is 2. The van der Waals surface area contributed by atoms with Gasteiger partial charge in [0.1, 0.15) is 11.2 Å². The van der Waals surface area contributed by atoms with E-state index in [-0.39, 0.29) is 0 Å². The standard InChI is InChI=1S/C48H30N2O/c1-2-13-34(14-3-1)50-41-19-8-6-16-38(41)39-18-10-21-43(48(39)50)49(42-20-11-23-45-47(42)40-17-7-9-22-44(40)51-45)35-28-29-37-33(30-35)27-26-32-25-24-31-12-4-5-15-36(31)46(32)37/h1-30H. The third-order valence-electron chi connectivity index (χ3n) is 10.5. The Morgan fingerprint density at radius 2 is 1.04 bits per heavy atom. The third-order valence-corrected chi connectivity index (χ3v) is 10.5. The normalized spacial score (nSPS) is 11.9. The van der Waals surface area contributed by atoms with E-state index in [1.54, 1.807) is 0 Å². The van der Waals surface area contributed by atoms with Gasteiger partial charge in [-0.15, -0.1) is 0 Å². The van der Waals surface area contributed by atoms with Gasteiger partial charge in [0, 0.05) is 27.5 Å². The Morgan fingerprint density at radius 3 is 1.94 bits per heavy atom. The minimum Gasteiger partial charge on any atom is -0.456 e. The molecule has 0 N–H and O–H groups in total. The van der Waals surface area contributed by atoms with Crippen molar-refractivity contribution in [1.82, 2.24) is 4.57 Å². The number of nitrogens with zero attached hydrogens (tertiary/aromatic N) is 2. The predicted molar refractivity (Wildman–Crippen MR) is 215 cm³/mol. The van der Waals surface area contributed by atoms with Crippen LogP contribution in [0.4, 0.5) is 17.1 Å². The first-order chi connectivity index (χ1) is 25.3. The highest BCUT2D eigenvalue weighted by Crippen LogP contribution is 2.48. The average Bonchev–Trinajstić information content (AvgIpc) is 3.75. The highest BCUT2D eigenvalue weighted by molar-refractivity contribution is 6.22. The van der Waals surface area contributed by atoms with Gasteiger partial charge in [0.15, 0.2) is 0 Å². The van der Waals surface area contributed by atoms with E-state index in [2.05, 4.69) is 185 Å². The average molecular weight is 651 g/mol. The van der Waals surface area contributed by atoms with Crippen LogP contribution >= 0.6 is 0 Å². The molecule has 51 heavy (non-hydrogen) atoms. The Kier molecular flexibility index (Phi) is 5.96. The molecule has 2 heterocycles. The zero-order valence-corrected chi connectivity index (χ0v) is 27.6. The third kappa shape index (κ3) is 4.12. The van der Waals surface area contributed by atoms with Gasteiger partial charge in [-0.3, -0.25) is 0 Å². The molecule has 0 bridgehead atoms. The molecule has 0 radical (unpaired) electrons. The Balaban J connectivity index is 1.27. The van der Waals surface area contributed by atoms with E-state index >= 15 is 0 Å². The van der Waals surface area contributed by atoms with Crippen molar-refractivity contribution in [2.24, 2.45) is 0 Å². The SMILES string of the molecule is c1ccc(-n2c3ccccc3c3cccc(N(c4ccc5c(ccc6ccc7ccccc7c65)c4)c4cccc5oc6ccccc6c45)c32)cc1. The molecular weight excluding hydrogens is 621 g/mol. The van der Waals surface area contributed by atoms with Crippen molar-refractivity contribution in [3.05, 3.63) is 182 Å². The first-order valence-corrected chi connectivity index (χ1v) is 17.4. The smallest absolute Gasteiger partial charge is 0.137 e. The molecule has 0 saturated heterocycles. The number of furan rings is 1. The summed E-state index contributed by atoms with van der Waals surface area (Å²) >= 11 is 0. The van der Waals surface area contributed by atoms with Crippen molar-refractivity contribution >= 4 is 93.1 Å². The van der Waals surface area contributed by atoms with Crippen LogP contribution in [0.2, 0.25) is 0 Å². The first kappa shape index (κ1) is 28.0. The van der Waals surface area contributed by atoms with Crippen LogP contribution in [-0.2, 0) is 0 Å². The van der Waals surface area contributed by atoms with E-state index in [4.69, 9.17) is 4.42 Å². The summed E-state index contributed by atoms with van der Waals surface area (Å²) in [5, 5.41) is 12.1. The van der Waals surface area contributed by atoms with Crippen LogP contribution in [0.1, 0.15) is 0 Å². The maximum Gasteiger partial charge on any atom is 0.137 e. The van der Waals surface area contributed by atoms with Gasteiger partial charge in [0.25, 0.3) is 0 Å². The molecule has 0 amide bonds. The minimum absolute atomic E-state index is 0.868. The van der Waals surface area contributed by atoms with Crippen molar-refractivity contribution < 1.29 is 4.42 Å². The molecule has 0 saturated carbocycles. The second-order valence-electron chi connectivity index (χ2n) is 13.3. The minimum atomic E-state index is 0.868. The Morgan fingerprint density at radius 1 is 0.392 bits per heavy atom. The van der Waals surface area contributed by atoms with Crippen molar-refractivity contribution in [3.63, 3.8) is 0 Å². The fourth-order valence-electron chi connectivity index (χ4n) is 8.34. The van der Waals surface area contributed by atoms with Gasteiger partial charge in [-0.2, -0.15) is 0 Å². The fraction of sp³-hybridized carbons (Fsp3) is 0. The van der Waals surface area contributed by atoms with E-state index in [1.165, 1.54) is 48.6 Å². The predicted octanol–water partition coefficient (Wildman–Crippen LogP) is 13.6. The molecule has 238 valence electrons. The lowest BCUT2D eigenvalue weighted by atomic mass is 9.96. The van der Waals surface area contributed by atoms with Crippen LogP contribution in [0, 0.1) is 0 Å². The number of aromatic nitrogens is 1. The maximum atomic E-state index is 6.47. The summed E-state index contributed by atoms with van der Waals surface area (Å²) in [4.78, 5) is 2.44. The highest BCUT2D eigenvalue weighted by atomic mass is 16.3. The summed E-state index contributed by atoms with van der Waals surface area (Å²) < 4.78 is 8.89. The molecule has 11 aromatic rings. The van der Waals surface area contributed by atoms with Crippen LogP contribution < -0.4 is 4.90 Å². The summed E-state index contributed by atoms with van der Waals surface area (Å²) in [5.74, 6) is 0. The molecule has 2 aromatic heterocycles. The molecule has 0 unspecified atom stereocenters. The molecule has 0 fully saturated rings. The maximum absolute atomic E-state index is 6.47. The topological polar surface area (TPSA) is 21.3 Å². The van der Waals surface area contributed by atoms with E-state index < -0.39 is 0 Å². The first-order valence-electron chi connectivity index (χ1n) is 17.4. The molecular formula is C48H30N2O. The molecule has 0 aliphatic carbocycles. The zero-order valence-electron chi connectivity index (χ0n) is 27.6. The van der Waals surface area contributed by atoms with E-state index in [0.717, 1.165) is 50.2 Å². The number of para-hydroxylation sites is 4. The highest BCUT2D eigenvalue weighted by Gasteiger charge is 2.24. The van der Waals surface area contributed by atoms with Crippen LogP contribution in [0.5, 0.6) is 0 Å². The van der Waals surface area contributed by atoms with Gasteiger partial charge in [-0.1, -0.05) is 127 Å². The Hall–Kier alpha value is -6.84. The van der Waals surface area contributed by atoms with Gasteiger partial charge in [0.2, 0.25) is 0 Å². The monoisotopic (exact) mass is 650 g/mol. The summed E-state index contributed by atoms with van der Waals surface area (Å²) in [6, 6.07) is 65.6. The lowest BCUT2D eigenvalue weighted by molar-refractivity contribution is 0.669. The van der Waals surface area contributed by atoms with Gasteiger partial charge >= 0.3 is 0 Å². The molecule has 0 aliphatic rings. The summed E-state index contributed by atoms with van der Waals surface area (Å²) in [7, 11) is 0. The second-order valence-corrected chi connectivity index (χ2v) is 13.3. The largest absolute Gasteiger partial charge is 0.456 e. The van der Waals surface area contributed by atoms with Crippen LogP contribution in [0.3, 0.4) is 0 Å². The molecule has 3 heteroatoms.